The number of aromatic nitrogens is 4. The zero-order chi connectivity index (χ0) is 17.9. The number of hydrogen-bond donors (Lipinski definition) is 2. The fourth-order valence-electron chi connectivity index (χ4n) is 2.74. The summed E-state index contributed by atoms with van der Waals surface area (Å²) in [6.45, 7) is 0.624. The van der Waals surface area contributed by atoms with E-state index in [1.165, 1.54) is 0 Å². The summed E-state index contributed by atoms with van der Waals surface area (Å²) in [5.41, 5.74) is 3.15. The van der Waals surface area contributed by atoms with Crippen LogP contribution >= 0.6 is 0 Å². The fraction of sp³-hybridized carbons (Fsp3) is 0.0526. The van der Waals surface area contributed by atoms with Gasteiger partial charge in [-0.1, -0.05) is 30.3 Å². The van der Waals surface area contributed by atoms with Gasteiger partial charge in [-0.05, 0) is 23.8 Å². The van der Waals surface area contributed by atoms with Crippen LogP contribution in [0.3, 0.4) is 0 Å². The van der Waals surface area contributed by atoms with Crippen LogP contribution in [0.25, 0.3) is 10.9 Å². The summed E-state index contributed by atoms with van der Waals surface area (Å²) in [7, 11) is 0. The van der Waals surface area contributed by atoms with Crippen molar-refractivity contribution >= 4 is 22.5 Å². The van der Waals surface area contributed by atoms with Gasteiger partial charge in [0.05, 0.1) is 35.6 Å². The molecule has 0 unspecified atom stereocenters. The van der Waals surface area contributed by atoms with E-state index in [1.807, 2.05) is 30.3 Å². The first-order chi connectivity index (χ1) is 12.7. The SMILES string of the molecule is N#Cc1ccc2c(C(=O)Nc3cnn(Cc4ccccc4)c3)n[nH]c2c1. The van der Waals surface area contributed by atoms with Crippen LogP contribution in [0.15, 0.2) is 60.9 Å². The minimum atomic E-state index is -0.333. The summed E-state index contributed by atoms with van der Waals surface area (Å²) in [6, 6.07) is 17.0. The molecule has 126 valence electrons. The van der Waals surface area contributed by atoms with Gasteiger partial charge in [0.25, 0.3) is 5.91 Å². The summed E-state index contributed by atoms with van der Waals surface area (Å²) in [5.74, 6) is -0.333. The number of benzene rings is 2. The molecule has 0 spiro atoms. The van der Waals surface area contributed by atoms with Crippen molar-refractivity contribution < 1.29 is 4.79 Å². The molecule has 2 aromatic carbocycles. The summed E-state index contributed by atoms with van der Waals surface area (Å²) in [5, 5.41) is 23.5. The minimum absolute atomic E-state index is 0.278. The van der Waals surface area contributed by atoms with Crippen molar-refractivity contribution in [2.24, 2.45) is 0 Å². The Hall–Kier alpha value is -3.92. The van der Waals surface area contributed by atoms with Gasteiger partial charge < -0.3 is 5.32 Å². The Bertz CT molecular complexity index is 1120. The summed E-state index contributed by atoms with van der Waals surface area (Å²) >= 11 is 0. The molecule has 0 saturated carbocycles. The number of fused-ring (bicyclic) bond motifs is 1. The molecule has 7 heteroatoms. The largest absolute Gasteiger partial charge is 0.318 e. The van der Waals surface area contributed by atoms with Gasteiger partial charge in [0.2, 0.25) is 0 Å². The monoisotopic (exact) mass is 342 g/mol. The molecule has 0 aliphatic rings. The number of H-pyrrole nitrogens is 1. The number of hydrogen-bond acceptors (Lipinski definition) is 4. The number of nitriles is 1. The van der Waals surface area contributed by atoms with E-state index in [0.717, 1.165) is 5.56 Å². The Morgan fingerprint density at radius 3 is 2.88 bits per heavy atom. The third kappa shape index (κ3) is 3.03. The van der Waals surface area contributed by atoms with Gasteiger partial charge >= 0.3 is 0 Å². The summed E-state index contributed by atoms with van der Waals surface area (Å²) in [6.07, 6.45) is 3.37. The standard InChI is InChI=1S/C19H14N6O/c20-9-14-6-7-16-17(8-14)23-24-18(16)19(26)22-15-10-21-25(12-15)11-13-4-2-1-3-5-13/h1-8,10,12H,11H2,(H,22,26)(H,23,24). The van der Waals surface area contributed by atoms with E-state index < -0.39 is 0 Å². The number of nitrogens with one attached hydrogen (secondary N) is 2. The molecule has 7 nitrogen and oxygen atoms in total. The van der Waals surface area contributed by atoms with Crippen LogP contribution in [-0.2, 0) is 6.54 Å². The number of aromatic amines is 1. The van der Waals surface area contributed by atoms with E-state index in [0.29, 0.717) is 28.7 Å². The molecule has 26 heavy (non-hydrogen) atoms. The quantitative estimate of drug-likeness (QED) is 0.595. The Morgan fingerprint density at radius 2 is 2.08 bits per heavy atom. The van der Waals surface area contributed by atoms with E-state index in [1.54, 1.807) is 35.3 Å². The van der Waals surface area contributed by atoms with Gasteiger partial charge in [-0.3, -0.25) is 14.6 Å². The Balaban J connectivity index is 1.51. The zero-order valence-electron chi connectivity index (χ0n) is 13.7. The van der Waals surface area contributed by atoms with Crippen molar-refractivity contribution in [3.63, 3.8) is 0 Å². The van der Waals surface area contributed by atoms with Gasteiger partial charge in [0.1, 0.15) is 0 Å². The molecule has 0 radical (unpaired) electrons. The first-order valence-electron chi connectivity index (χ1n) is 7.99. The average molecular weight is 342 g/mol. The van der Waals surface area contributed by atoms with Gasteiger partial charge in [0.15, 0.2) is 5.69 Å². The molecule has 2 N–H and O–H groups in total. The number of carbonyl (C=O) groups excluding carboxylic acids is 1. The highest BCUT2D eigenvalue weighted by molar-refractivity contribution is 6.11. The topological polar surface area (TPSA) is 99.4 Å². The van der Waals surface area contributed by atoms with E-state index in [4.69, 9.17) is 5.26 Å². The molecular formula is C19H14N6O. The van der Waals surface area contributed by atoms with E-state index >= 15 is 0 Å². The second-order valence-electron chi connectivity index (χ2n) is 5.81. The molecule has 4 rings (SSSR count). The normalized spacial score (nSPS) is 10.6. The Kier molecular flexibility index (Phi) is 3.92. The van der Waals surface area contributed by atoms with Gasteiger partial charge in [-0.25, -0.2) is 0 Å². The molecule has 0 atom stereocenters. The maximum absolute atomic E-state index is 12.5. The predicted molar refractivity (Wildman–Crippen MR) is 96.5 cm³/mol. The van der Waals surface area contributed by atoms with Gasteiger partial charge in [-0.2, -0.15) is 15.5 Å². The second-order valence-corrected chi connectivity index (χ2v) is 5.81. The third-order valence-corrected chi connectivity index (χ3v) is 3.99. The lowest BCUT2D eigenvalue weighted by molar-refractivity contribution is 0.102. The molecule has 0 fully saturated rings. The molecule has 4 aromatic rings. The Morgan fingerprint density at radius 1 is 1.23 bits per heavy atom. The molecular weight excluding hydrogens is 328 g/mol. The zero-order valence-corrected chi connectivity index (χ0v) is 13.7. The average Bonchev–Trinajstić information content (AvgIpc) is 3.28. The highest BCUT2D eigenvalue weighted by Gasteiger charge is 2.15. The molecule has 0 saturated heterocycles. The number of anilines is 1. The van der Waals surface area contributed by atoms with Crippen LogP contribution in [0.4, 0.5) is 5.69 Å². The van der Waals surface area contributed by atoms with Crippen LogP contribution in [0.2, 0.25) is 0 Å². The van der Waals surface area contributed by atoms with Gasteiger partial charge in [0, 0.05) is 11.6 Å². The van der Waals surface area contributed by atoms with Crippen LogP contribution in [0.5, 0.6) is 0 Å². The van der Waals surface area contributed by atoms with Crippen molar-refractivity contribution in [2.45, 2.75) is 6.54 Å². The Labute approximate surface area is 148 Å². The number of amides is 1. The highest BCUT2D eigenvalue weighted by atomic mass is 16.2. The van der Waals surface area contributed by atoms with E-state index in [-0.39, 0.29) is 11.6 Å². The van der Waals surface area contributed by atoms with Crippen LogP contribution in [0, 0.1) is 11.3 Å². The maximum atomic E-state index is 12.5. The predicted octanol–water partition coefficient (Wildman–Crippen LogP) is 2.93. The molecule has 2 heterocycles. The summed E-state index contributed by atoms with van der Waals surface area (Å²) < 4.78 is 1.76. The number of rotatable bonds is 4. The molecule has 0 aliphatic heterocycles. The van der Waals surface area contributed by atoms with Crippen molar-refractivity contribution in [1.82, 2.24) is 20.0 Å². The van der Waals surface area contributed by atoms with Crippen molar-refractivity contribution in [1.29, 1.82) is 5.26 Å². The number of nitrogens with zero attached hydrogens (tertiary/aromatic N) is 4. The third-order valence-electron chi connectivity index (χ3n) is 3.99. The molecule has 0 bridgehead atoms. The maximum Gasteiger partial charge on any atom is 0.276 e. The number of carbonyl (C=O) groups is 1. The smallest absolute Gasteiger partial charge is 0.276 e. The molecule has 2 aromatic heterocycles. The summed E-state index contributed by atoms with van der Waals surface area (Å²) in [4.78, 5) is 12.5. The van der Waals surface area contributed by atoms with Crippen molar-refractivity contribution in [3.8, 4) is 6.07 Å². The first kappa shape index (κ1) is 15.6. The van der Waals surface area contributed by atoms with E-state index in [2.05, 4.69) is 26.7 Å². The van der Waals surface area contributed by atoms with Gasteiger partial charge in [-0.15, -0.1) is 0 Å². The minimum Gasteiger partial charge on any atom is -0.318 e. The van der Waals surface area contributed by atoms with Crippen molar-refractivity contribution in [2.75, 3.05) is 5.32 Å². The van der Waals surface area contributed by atoms with Crippen LogP contribution in [-0.4, -0.2) is 25.9 Å². The van der Waals surface area contributed by atoms with Crippen LogP contribution < -0.4 is 5.32 Å². The second kappa shape index (κ2) is 6.53. The lowest BCUT2D eigenvalue weighted by atomic mass is 10.1. The van der Waals surface area contributed by atoms with Crippen molar-refractivity contribution in [3.05, 3.63) is 77.7 Å². The lowest BCUT2D eigenvalue weighted by Gasteiger charge is -2.01. The lowest BCUT2D eigenvalue weighted by Crippen LogP contribution is -2.12. The highest BCUT2D eigenvalue weighted by Crippen LogP contribution is 2.18. The van der Waals surface area contributed by atoms with Crippen LogP contribution in [0.1, 0.15) is 21.6 Å². The molecule has 1 amide bonds. The first-order valence-corrected chi connectivity index (χ1v) is 7.99. The van der Waals surface area contributed by atoms with E-state index in [9.17, 15) is 4.79 Å². The fourth-order valence-corrected chi connectivity index (χ4v) is 2.74. The molecule has 0 aliphatic carbocycles.